The van der Waals surface area contributed by atoms with Crippen molar-refractivity contribution in [2.75, 3.05) is 5.75 Å². The molecule has 0 spiro atoms. The van der Waals surface area contributed by atoms with Crippen molar-refractivity contribution in [3.05, 3.63) is 35.6 Å². The van der Waals surface area contributed by atoms with Crippen LogP contribution in [0.4, 0.5) is 0 Å². The highest BCUT2D eigenvalue weighted by Gasteiger charge is 2.26. The van der Waals surface area contributed by atoms with Crippen molar-refractivity contribution >= 4 is 11.8 Å². The Morgan fingerprint density at radius 2 is 1.45 bits per heavy atom. The topological polar surface area (TPSA) is 40.5 Å². The first-order chi connectivity index (χ1) is 8.93. The van der Waals surface area contributed by atoms with Crippen LogP contribution >= 0.6 is 11.8 Å². The molecule has 112 valence electrons. The van der Waals surface area contributed by atoms with Crippen molar-refractivity contribution in [3.8, 4) is 5.75 Å². The third kappa shape index (κ3) is 4.20. The normalized spacial score (nSPS) is 12.5. The summed E-state index contributed by atoms with van der Waals surface area (Å²) in [5.41, 5.74) is 1.63. The molecule has 0 unspecified atom stereocenters. The Labute approximate surface area is 126 Å². The van der Waals surface area contributed by atoms with Crippen molar-refractivity contribution in [3.63, 3.8) is 0 Å². The molecule has 0 aromatic heterocycles. The van der Waals surface area contributed by atoms with E-state index in [1.807, 2.05) is 12.1 Å². The van der Waals surface area contributed by atoms with Crippen LogP contribution in [-0.4, -0.2) is 16.0 Å². The monoisotopic (exact) mass is 294 g/mol. The van der Waals surface area contributed by atoms with Gasteiger partial charge in [-0.15, -0.1) is 11.8 Å². The molecule has 0 radical (unpaired) electrons. The maximum absolute atomic E-state index is 10.6. The first-order valence-corrected chi connectivity index (χ1v) is 7.79. The number of benzene rings is 1. The van der Waals surface area contributed by atoms with Gasteiger partial charge in [-0.1, -0.05) is 48.1 Å². The number of rotatable bonds is 3. The van der Waals surface area contributed by atoms with Gasteiger partial charge < -0.3 is 10.2 Å². The molecule has 0 amide bonds. The predicted molar refractivity (Wildman–Crippen MR) is 88.0 cm³/mol. The minimum Gasteiger partial charge on any atom is -0.512 e. The molecule has 2 nitrogen and oxygen atoms in total. The number of aliphatic hydroxyl groups is 1. The Hall–Kier alpha value is -1.09. The summed E-state index contributed by atoms with van der Waals surface area (Å²) in [6.45, 7) is 16.1. The van der Waals surface area contributed by atoms with Crippen LogP contribution in [0.25, 0.3) is 0 Å². The minimum atomic E-state index is -0.128. The molecule has 0 aliphatic rings. The highest BCUT2D eigenvalue weighted by molar-refractivity contribution is 7.99. The number of hydrogen-bond acceptors (Lipinski definition) is 3. The Balaban J connectivity index is 3.38. The van der Waals surface area contributed by atoms with Crippen LogP contribution in [0.5, 0.6) is 5.75 Å². The zero-order valence-electron chi connectivity index (χ0n) is 13.4. The Kier molecular flexibility index (Phi) is 4.86. The molecule has 1 aromatic carbocycles. The lowest BCUT2D eigenvalue weighted by molar-refractivity contribution is 0.420. The van der Waals surface area contributed by atoms with Gasteiger partial charge in [0.25, 0.3) is 0 Å². The number of thioether (sulfide) groups is 1. The maximum atomic E-state index is 10.6. The summed E-state index contributed by atoms with van der Waals surface area (Å²) in [4.78, 5) is 1.05. The van der Waals surface area contributed by atoms with E-state index < -0.39 is 0 Å². The van der Waals surface area contributed by atoms with Crippen LogP contribution in [0.3, 0.4) is 0 Å². The van der Waals surface area contributed by atoms with E-state index in [-0.39, 0.29) is 16.6 Å². The summed E-state index contributed by atoms with van der Waals surface area (Å²) in [5, 5.41) is 19.8. The van der Waals surface area contributed by atoms with Crippen LogP contribution in [0.2, 0.25) is 0 Å². The molecule has 20 heavy (non-hydrogen) atoms. The largest absolute Gasteiger partial charge is 0.512 e. The molecule has 1 aromatic rings. The van der Waals surface area contributed by atoms with Gasteiger partial charge in [0.05, 0.1) is 11.5 Å². The lowest BCUT2D eigenvalue weighted by Crippen LogP contribution is -2.17. The highest BCUT2D eigenvalue weighted by Crippen LogP contribution is 2.41. The second kappa shape index (κ2) is 5.72. The number of aliphatic hydroxyl groups excluding tert-OH is 1. The van der Waals surface area contributed by atoms with Crippen LogP contribution in [0.15, 0.2) is 29.4 Å². The fraction of sp³-hybridized carbons (Fsp3) is 0.529. The van der Waals surface area contributed by atoms with Crippen molar-refractivity contribution in [1.82, 2.24) is 0 Å². The Morgan fingerprint density at radius 1 is 1.05 bits per heavy atom. The predicted octanol–water partition coefficient (Wildman–Crippen LogP) is 5.15. The maximum Gasteiger partial charge on any atom is 0.123 e. The fourth-order valence-corrected chi connectivity index (χ4v) is 2.74. The zero-order valence-corrected chi connectivity index (χ0v) is 14.2. The van der Waals surface area contributed by atoms with Gasteiger partial charge in [0.1, 0.15) is 5.75 Å². The average Bonchev–Trinajstić information content (AvgIpc) is 2.24. The molecule has 0 bridgehead atoms. The molecule has 0 aliphatic heterocycles. The minimum absolute atomic E-state index is 0.128. The first kappa shape index (κ1) is 17.0. The van der Waals surface area contributed by atoms with Crippen molar-refractivity contribution in [2.45, 2.75) is 57.3 Å². The fourth-order valence-electron chi connectivity index (χ4n) is 2.00. The van der Waals surface area contributed by atoms with Gasteiger partial charge >= 0.3 is 0 Å². The Bertz CT molecular complexity index is 470. The summed E-state index contributed by atoms with van der Waals surface area (Å²) in [7, 11) is 0. The van der Waals surface area contributed by atoms with Gasteiger partial charge in [-0.05, 0) is 23.0 Å². The summed E-state index contributed by atoms with van der Waals surface area (Å²) >= 11 is 1.54. The van der Waals surface area contributed by atoms with Gasteiger partial charge in [0, 0.05) is 16.0 Å². The number of hydrogen-bond donors (Lipinski definition) is 2. The van der Waals surface area contributed by atoms with E-state index >= 15 is 0 Å². The van der Waals surface area contributed by atoms with E-state index in [2.05, 4.69) is 48.1 Å². The second-order valence-electron chi connectivity index (χ2n) is 7.22. The molecule has 1 rings (SSSR count). The molecule has 0 saturated heterocycles. The standard InChI is InChI=1S/C17H26O2S/c1-11(18)10-20-12-8-13(16(2,3)4)15(19)14(9-12)17(5,6)7/h8-9,18-19H,1,10H2,2-7H3. The van der Waals surface area contributed by atoms with E-state index in [1.54, 1.807) is 0 Å². The van der Waals surface area contributed by atoms with Gasteiger partial charge in [0.15, 0.2) is 0 Å². The van der Waals surface area contributed by atoms with E-state index in [9.17, 15) is 10.2 Å². The second-order valence-corrected chi connectivity index (χ2v) is 8.27. The Morgan fingerprint density at radius 3 is 1.75 bits per heavy atom. The smallest absolute Gasteiger partial charge is 0.123 e. The van der Waals surface area contributed by atoms with Crippen molar-refractivity contribution < 1.29 is 10.2 Å². The van der Waals surface area contributed by atoms with Crippen LogP contribution in [0, 0.1) is 0 Å². The molecule has 0 atom stereocenters. The number of phenols is 1. The molecule has 3 heteroatoms. The molecule has 0 heterocycles. The van der Waals surface area contributed by atoms with Gasteiger partial charge in [-0.25, -0.2) is 0 Å². The van der Waals surface area contributed by atoms with Crippen LogP contribution < -0.4 is 0 Å². The molecule has 2 N–H and O–H groups in total. The van der Waals surface area contributed by atoms with E-state index in [0.29, 0.717) is 11.5 Å². The highest BCUT2D eigenvalue weighted by atomic mass is 32.2. The van der Waals surface area contributed by atoms with Crippen LogP contribution in [0.1, 0.15) is 52.7 Å². The van der Waals surface area contributed by atoms with E-state index in [1.165, 1.54) is 11.8 Å². The molecular formula is C17H26O2S. The summed E-state index contributed by atoms with van der Waals surface area (Å²) in [6.07, 6.45) is 0. The summed E-state index contributed by atoms with van der Waals surface area (Å²) in [6, 6.07) is 4.02. The van der Waals surface area contributed by atoms with Gasteiger partial charge in [-0.2, -0.15) is 0 Å². The number of phenolic OH excluding ortho intramolecular Hbond substituents is 1. The SMILES string of the molecule is C=C(O)CSc1cc(C(C)(C)C)c(O)c(C(C)(C)C)c1. The average molecular weight is 294 g/mol. The zero-order chi connectivity index (χ0) is 15.7. The third-order valence-electron chi connectivity index (χ3n) is 3.10. The molecular weight excluding hydrogens is 268 g/mol. The van der Waals surface area contributed by atoms with Crippen molar-refractivity contribution in [1.29, 1.82) is 0 Å². The van der Waals surface area contributed by atoms with Gasteiger partial charge in [-0.3, -0.25) is 0 Å². The lowest BCUT2D eigenvalue weighted by Gasteiger charge is -2.28. The van der Waals surface area contributed by atoms with Gasteiger partial charge in [0.2, 0.25) is 0 Å². The quantitative estimate of drug-likeness (QED) is 0.598. The molecule has 0 fully saturated rings. The third-order valence-corrected chi connectivity index (χ3v) is 4.15. The summed E-state index contributed by atoms with van der Waals surface area (Å²) < 4.78 is 0. The van der Waals surface area contributed by atoms with Crippen LogP contribution in [-0.2, 0) is 10.8 Å². The first-order valence-electron chi connectivity index (χ1n) is 6.80. The summed E-state index contributed by atoms with van der Waals surface area (Å²) in [5.74, 6) is 1.02. The molecule has 0 saturated carbocycles. The van der Waals surface area contributed by atoms with Crippen molar-refractivity contribution in [2.24, 2.45) is 0 Å². The molecule has 0 aliphatic carbocycles. The van der Waals surface area contributed by atoms with E-state index in [4.69, 9.17) is 0 Å². The number of aromatic hydroxyl groups is 1. The van der Waals surface area contributed by atoms with E-state index in [0.717, 1.165) is 16.0 Å². The lowest BCUT2D eigenvalue weighted by atomic mass is 9.79.